The molecule has 1 amide bonds. The molecule has 2 aromatic heterocycles. The molecular weight excluding hydrogens is 352 g/mol. The van der Waals surface area contributed by atoms with Crippen molar-refractivity contribution in [2.24, 2.45) is 5.92 Å². The fraction of sp³-hybridized carbons (Fsp3) is 0.611. The molecule has 1 saturated heterocycles. The van der Waals surface area contributed by atoms with Crippen molar-refractivity contribution in [2.75, 3.05) is 12.4 Å². The number of hydrogen-bond acceptors (Lipinski definition) is 6. The summed E-state index contributed by atoms with van der Waals surface area (Å²) in [5, 5.41) is 11.4. The Kier molecular flexibility index (Phi) is 5.31. The lowest BCUT2D eigenvalue weighted by Crippen LogP contribution is -2.36. The number of carbonyl (C=O) groups excluding carboxylic acids is 1. The van der Waals surface area contributed by atoms with E-state index >= 15 is 0 Å². The van der Waals surface area contributed by atoms with Crippen LogP contribution in [0.1, 0.15) is 54.1 Å². The number of amides is 1. The van der Waals surface area contributed by atoms with Gasteiger partial charge in [0.05, 0.1) is 18.0 Å². The number of nitrogens with zero attached hydrogens (tertiary/aromatic N) is 3. The molecule has 1 aliphatic carbocycles. The third kappa shape index (κ3) is 4.12. The second kappa shape index (κ2) is 7.84. The van der Waals surface area contributed by atoms with Gasteiger partial charge in [-0.2, -0.15) is 16.9 Å². The summed E-state index contributed by atoms with van der Waals surface area (Å²) in [5.41, 5.74) is 1.35. The van der Waals surface area contributed by atoms with Gasteiger partial charge in [-0.15, -0.1) is 0 Å². The molecule has 0 radical (unpaired) electrons. The first kappa shape index (κ1) is 17.6. The van der Waals surface area contributed by atoms with Crippen molar-refractivity contribution in [3.05, 3.63) is 35.5 Å². The maximum Gasteiger partial charge on any atom is 0.273 e. The molecule has 26 heavy (non-hydrogen) atoms. The smallest absolute Gasteiger partial charge is 0.273 e. The van der Waals surface area contributed by atoms with Crippen molar-refractivity contribution in [1.82, 2.24) is 20.3 Å². The largest absolute Gasteiger partial charge is 0.371 e. The zero-order valence-corrected chi connectivity index (χ0v) is 15.7. The lowest BCUT2D eigenvalue weighted by molar-refractivity contribution is 0.0815. The Labute approximate surface area is 156 Å². The standard InChI is InChI=1S/C18H24N4O3S/c1-2-26-11-14-7-16(21-25-14)18(23)20-15-5-6-24-17(15)13-8-19-22(10-13)9-12-3-4-12/h7-8,10,12,15,17H,2-6,9,11H2,1H3,(H,20,23)/t15-,17+/m1/s1. The number of rotatable bonds is 8. The van der Waals surface area contributed by atoms with Crippen LogP contribution in [0.4, 0.5) is 0 Å². The Hall–Kier alpha value is -1.80. The van der Waals surface area contributed by atoms with E-state index in [9.17, 15) is 4.79 Å². The highest BCUT2D eigenvalue weighted by Crippen LogP contribution is 2.32. The van der Waals surface area contributed by atoms with Crippen LogP contribution in [-0.4, -0.2) is 39.2 Å². The molecule has 8 heteroatoms. The van der Waals surface area contributed by atoms with Gasteiger partial charge in [0.15, 0.2) is 5.69 Å². The number of hydrogen-bond donors (Lipinski definition) is 1. The van der Waals surface area contributed by atoms with Crippen molar-refractivity contribution in [3.63, 3.8) is 0 Å². The molecule has 2 fully saturated rings. The molecule has 1 N–H and O–H groups in total. The van der Waals surface area contributed by atoms with Crippen LogP contribution in [0.2, 0.25) is 0 Å². The van der Waals surface area contributed by atoms with Crippen LogP contribution >= 0.6 is 11.8 Å². The van der Waals surface area contributed by atoms with Gasteiger partial charge in [-0.05, 0) is 30.9 Å². The fourth-order valence-corrected chi connectivity index (χ4v) is 3.73. The van der Waals surface area contributed by atoms with Gasteiger partial charge in [-0.3, -0.25) is 9.48 Å². The summed E-state index contributed by atoms with van der Waals surface area (Å²) in [4.78, 5) is 12.5. The summed E-state index contributed by atoms with van der Waals surface area (Å²) in [6.45, 7) is 3.68. The predicted molar refractivity (Wildman–Crippen MR) is 97.9 cm³/mol. The van der Waals surface area contributed by atoms with Gasteiger partial charge in [-0.1, -0.05) is 12.1 Å². The molecule has 0 aromatic carbocycles. The van der Waals surface area contributed by atoms with Gasteiger partial charge >= 0.3 is 0 Å². The monoisotopic (exact) mass is 376 g/mol. The van der Waals surface area contributed by atoms with E-state index in [2.05, 4.69) is 22.5 Å². The Balaban J connectivity index is 1.37. The zero-order valence-electron chi connectivity index (χ0n) is 14.9. The number of thioether (sulfide) groups is 1. The Morgan fingerprint density at radius 2 is 2.31 bits per heavy atom. The highest BCUT2D eigenvalue weighted by Gasteiger charge is 2.33. The van der Waals surface area contributed by atoms with Crippen LogP contribution in [0.25, 0.3) is 0 Å². The minimum absolute atomic E-state index is 0.0776. The van der Waals surface area contributed by atoms with Crippen LogP contribution < -0.4 is 5.32 Å². The van der Waals surface area contributed by atoms with Crippen LogP contribution in [-0.2, 0) is 17.0 Å². The van der Waals surface area contributed by atoms with Crippen LogP contribution in [0.15, 0.2) is 23.0 Å². The SMILES string of the molecule is CCSCc1cc(C(=O)N[C@@H]2CCO[C@H]2c2cnn(CC3CC3)c2)no1. The van der Waals surface area contributed by atoms with Crippen LogP contribution in [0.5, 0.6) is 0 Å². The summed E-state index contributed by atoms with van der Waals surface area (Å²) in [6.07, 6.45) is 7.11. The molecule has 0 spiro atoms. The highest BCUT2D eigenvalue weighted by atomic mass is 32.2. The molecule has 4 rings (SSSR count). The van der Waals surface area contributed by atoms with Crippen LogP contribution in [0, 0.1) is 5.92 Å². The molecule has 0 bridgehead atoms. The van der Waals surface area contributed by atoms with Gasteiger partial charge in [-0.25, -0.2) is 0 Å². The average molecular weight is 376 g/mol. The van der Waals surface area contributed by atoms with Gasteiger partial charge < -0.3 is 14.6 Å². The van der Waals surface area contributed by atoms with E-state index in [1.807, 2.05) is 17.1 Å². The first-order valence-corrected chi connectivity index (χ1v) is 10.4. The Bertz CT molecular complexity index is 755. The van der Waals surface area contributed by atoms with Gasteiger partial charge in [0, 0.05) is 31.0 Å². The van der Waals surface area contributed by atoms with E-state index in [0.29, 0.717) is 12.3 Å². The third-order valence-corrected chi connectivity index (χ3v) is 5.67. The van der Waals surface area contributed by atoms with Crippen molar-refractivity contribution >= 4 is 17.7 Å². The lowest BCUT2D eigenvalue weighted by atomic mass is 10.1. The summed E-state index contributed by atoms with van der Waals surface area (Å²) in [5.74, 6) is 3.01. The van der Waals surface area contributed by atoms with E-state index in [4.69, 9.17) is 9.26 Å². The van der Waals surface area contributed by atoms with Crippen molar-refractivity contribution in [1.29, 1.82) is 0 Å². The summed E-state index contributed by atoms with van der Waals surface area (Å²) in [6, 6.07) is 1.64. The van der Waals surface area contributed by atoms with Gasteiger partial charge in [0.25, 0.3) is 5.91 Å². The third-order valence-electron chi connectivity index (χ3n) is 4.77. The van der Waals surface area contributed by atoms with Crippen LogP contribution in [0.3, 0.4) is 0 Å². The van der Waals surface area contributed by atoms with E-state index in [1.165, 1.54) is 12.8 Å². The summed E-state index contributed by atoms with van der Waals surface area (Å²) >= 11 is 1.73. The highest BCUT2D eigenvalue weighted by molar-refractivity contribution is 7.98. The maximum absolute atomic E-state index is 12.5. The Morgan fingerprint density at radius 1 is 1.42 bits per heavy atom. The Morgan fingerprint density at radius 3 is 3.12 bits per heavy atom. The number of ether oxygens (including phenoxy) is 1. The lowest BCUT2D eigenvalue weighted by Gasteiger charge is -2.18. The van der Waals surface area contributed by atoms with Gasteiger partial charge in [0.2, 0.25) is 0 Å². The van der Waals surface area contributed by atoms with Crippen molar-refractivity contribution in [3.8, 4) is 0 Å². The minimum Gasteiger partial charge on any atom is -0.371 e. The normalized spacial score (nSPS) is 22.7. The van der Waals surface area contributed by atoms with E-state index < -0.39 is 0 Å². The fourth-order valence-electron chi connectivity index (χ4n) is 3.19. The van der Waals surface area contributed by atoms with E-state index in [1.54, 1.807) is 17.8 Å². The zero-order chi connectivity index (χ0) is 17.9. The number of nitrogens with one attached hydrogen (secondary N) is 1. The quantitative estimate of drug-likeness (QED) is 0.763. The van der Waals surface area contributed by atoms with Gasteiger partial charge in [0.1, 0.15) is 11.9 Å². The van der Waals surface area contributed by atoms with E-state index in [-0.39, 0.29) is 18.1 Å². The second-order valence-corrected chi connectivity index (χ2v) is 8.19. The molecule has 2 aliphatic rings. The molecule has 0 unspecified atom stereocenters. The predicted octanol–water partition coefficient (Wildman–Crippen LogP) is 2.79. The molecule has 2 aromatic rings. The molecule has 140 valence electrons. The molecule has 3 heterocycles. The molecule has 2 atom stereocenters. The number of carbonyl (C=O) groups is 1. The number of aromatic nitrogens is 3. The first-order chi connectivity index (χ1) is 12.7. The molecular formula is C18H24N4O3S. The molecule has 1 aliphatic heterocycles. The maximum atomic E-state index is 12.5. The average Bonchev–Trinajstić information content (AvgIpc) is 3.06. The van der Waals surface area contributed by atoms with Crippen molar-refractivity contribution < 1.29 is 14.1 Å². The summed E-state index contributed by atoms with van der Waals surface area (Å²) < 4.78 is 13.1. The first-order valence-electron chi connectivity index (χ1n) is 9.21. The topological polar surface area (TPSA) is 82.2 Å². The van der Waals surface area contributed by atoms with Crippen molar-refractivity contribution in [2.45, 2.75) is 50.6 Å². The molecule has 1 saturated carbocycles. The van der Waals surface area contributed by atoms with E-state index in [0.717, 1.165) is 41.7 Å². The second-order valence-electron chi connectivity index (χ2n) is 6.91. The minimum atomic E-state index is -0.215. The molecule has 7 nitrogen and oxygen atoms in total. The summed E-state index contributed by atoms with van der Waals surface area (Å²) in [7, 11) is 0.